The van der Waals surface area contributed by atoms with Crippen LogP contribution < -0.4 is 5.32 Å². The Balaban J connectivity index is 1.41. The number of halogens is 1. The van der Waals surface area contributed by atoms with Crippen LogP contribution in [0.25, 0.3) is 11.2 Å². The molecule has 0 aliphatic heterocycles. The lowest BCUT2D eigenvalue weighted by Gasteiger charge is -2.17. The first-order valence-corrected chi connectivity index (χ1v) is 13.3. The van der Waals surface area contributed by atoms with Crippen molar-refractivity contribution >= 4 is 28.8 Å². The third-order valence-corrected chi connectivity index (χ3v) is 7.21. The molecule has 1 amide bonds. The molecule has 0 spiro atoms. The molecule has 4 rings (SSSR count). The summed E-state index contributed by atoms with van der Waals surface area (Å²) in [7, 11) is 0. The molecular formula is C28H32FN5OS. The Morgan fingerprint density at radius 2 is 1.75 bits per heavy atom. The lowest BCUT2D eigenvalue weighted by atomic mass is 10.1. The van der Waals surface area contributed by atoms with Crippen LogP contribution in [0, 0.1) is 5.82 Å². The summed E-state index contributed by atoms with van der Waals surface area (Å²) in [5.74, 6) is 0.391. The molecular weight excluding hydrogens is 473 g/mol. The maximum atomic E-state index is 13.2. The van der Waals surface area contributed by atoms with E-state index in [2.05, 4.69) is 33.6 Å². The van der Waals surface area contributed by atoms with E-state index in [1.807, 2.05) is 36.4 Å². The number of imidazole rings is 1. The van der Waals surface area contributed by atoms with Crippen LogP contribution in [0.2, 0.25) is 0 Å². The quantitative estimate of drug-likeness (QED) is 0.207. The summed E-state index contributed by atoms with van der Waals surface area (Å²) in [5.41, 5.74) is 4.40. The van der Waals surface area contributed by atoms with Crippen LogP contribution in [0.15, 0.2) is 72.0 Å². The maximum Gasteiger partial charge on any atom is 0.251 e. The topological polar surface area (TPSA) is 63.1 Å². The highest BCUT2D eigenvalue weighted by Crippen LogP contribution is 2.27. The molecule has 2 aromatic heterocycles. The number of carbonyl (C=O) groups is 1. The van der Waals surface area contributed by atoms with Crippen molar-refractivity contribution in [1.29, 1.82) is 0 Å². The minimum atomic E-state index is -0.239. The number of amides is 1. The number of nitrogens with zero attached hydrogens (tertiary/aromatic N) is 4. The highest BCUT2D eigenvalue weighted by atomic mass is 32.2. The van der Waals surface area contributed by atoms with Crippen molar-refractivity contribution in [1.82, 2.24) is 24.8 Å². The number of rotatable bonds is 12. The van der Waals surface area contributed by atoms with Gasteiger partial charge in [0, 0.05) is 24.1 Å². The van der Waals surface area contributed by atoms with E-state index in [1.54, 1.807) is 30.1 Å². The summed E-state index contributed by atoms with van der Waals surface area (Å²) < 4.78 is 15.4. The van der Waals surface area contributed by atoms with Crippen LogP contribution in [-0.2, 0) is 12.3 Å². The normalized spacial score (nSPS) is 11.3. The second-order valence-electron chi connectivity index (χ2n) is 8.58. The molecule has 188 valence electrons. The molecule has 1 N–H and O–H groups in total. The summed E-state index contributed by atoms with van der Waals surface area (Å²) in [6.07, 6.45) is 2.68. The van der Waals surface area contributed by atoms with Crippen molar-refractivity contribution < 1.29 is 9.18 Å². The number of hydrogen-bond acceptors (Lipinski definition) is 5. The summed E-state index contributed by atoms with van der Waals surface area (Å²) >= 11 is 1.60. The summed E-state index contributed by atoms with van der Waals surface area (Å²) in [6, 6.07) is 18.2. The second kappa shape index (κ2) is 12.6. The minimum absolute atomic E-state index is 0.0473. The van der Waals surface area contributed by atoms with E-state index in [0.717, 1.165) is 47.9 Å². The fourth-order valence-corrected chi connectivity index (χ4v) is 4.98. The van der Waals surface area contributed by atoms with E-state index in [9.17, 15) is 9.18 Å². The summed E-state index contributed by atoms with van der Waals surface area (Å²) in [4.78, 5) is 24.0. The fraction of sp³-hybridized carbons (Fsp3) is 0.321. The Morgan fingerprint density at radius 1 is 1.03 bits per heavy atom. The Labute approximate surface area is 215 Å². The van der Waals surface area contributed by atoms with Gasteiger partial charge in [-0.15, -0.1) is 0 Å². The van der Waals surface area contributed by atoms with Crippen molar-refractivity contribution in [3.05, 3.63) is 89.4 Å². The average molecular weight is 506 g/mol. The molecule has 0 unspecified atom stereocenters. The van der Waals surface area contributed by atoms with Gasteiger partial charge in [0.05, 0.1) is 12.1 Å². The van der Waals surface area contributed by atoms with Crippen molar-refractivity contribution in [3.63, 3.8) is 0 Å². The first-order valence-electron chi connectivity index (χ1n) is 12.3. The number of pyridine rings is 1. The molecule has 0 atom stereocenters. The molecule has 0 bridgehead atoms. The SMILES string of the molecule is CCN(CC)CCCNC(=O)c1ccc(Cn2c(SCc3ccc(F)cc3)nc3ncccc32)cc1. The van der Waals surface area contributed by atoms with Crippen molar-refractivity contribution in [2.24, 2.45) is 0 Å². The highest BCUT2D eigenvalue weighted by molar-refractivity contribution is 7.98. The van der Waals surface area contributed by atoms with Crippen LogP contribution in [0.4, 0.5) is 4.39 Å². The van der Waals surface area contributed by atoms with Crippen molar-refractivity contribution in [2.75, 3.05) is 26.2 Å². The van der Waals surface area contributed by atoms with Gasteiger partial charge in [0.2, 0.25) is 0 Å². The van der Waals surface area contributed by atoms with Gasteiger partial charge in [0.15, 0.2) is 10.8 Å². The van der Waals surface area contributed by atoms with E-state index in [-0.39, 0.29) is 11.7 Å². The minimum Gasteiger partial charge on any atom is -0.352 e. The van der Waals surface area contributed by atoms with Crippen LogP contribution in [0.5, 0.6) is 0 Å². The van der Waals surface area contributed by atoms with Gasteiger partial charge in [-0.25, -0.2) is 14.4 Å². The lowest BCUT2D eigenvalue weighted by molar-refractivity contribution is 0.0952. The van der Waals surface area contributed by atoms with E-state index >= 15 is 0 Å². The monoisotopic (exact) mass is 505 g/mol. The fourth-order valence-electron chi connectivity index (χ4n) is 4.02. The van der Waals surface area contributed by atoms with Crippen LogP contribution in [0.1, 0.15) is 41.8 Å². The molecule has 4 aromatic rings. The Morgan fingerprint density at radius 3 is 2.47 bits per heavy atom. The zero-order valence-electron chi connectivity index (χ0n) is 20.8. The number of thioether (sulfide) groups is 1. The number of benzene rings is 2. The van der Waals surface area contributed by atoms with Crippen LogP contribution in [0.3, 0.4) is 0 Å². The molecule has 0 radical (unpaired) electrons. The van der Waals surface area contributed by atoms with E-state index in [4.69, 9.17) is 4.98 Å². The van der Waals surface area contributed by atoms with Gasteiger partial charge in [0.25, 0.3) is 5.91 Å². The first-order chi connectivity index (χ1) is 17.6. The Hall–Kier alpha value is -3.23. The first kappa shape index (κ1) is 25.9. The predicted molar refractivity (Wildman–Crippen MR) is 144 cm³/mol. The number of carbonyl (C=O) groups excluding carboxylic acids is 1. The molecule has 2 heterocycles. The highest BCUT2D eigenvalue weighted by Gasteiger charge is 2.13. The van der Waals surface area contributed by atoms with E-state index in [1.165, 1.54) is 12.1 Å². The number of nitrogens with one attached hydrogen (secondary N) is 1. The number of hydrogen-bond donors (Lipinski definition) is 1. The zero-order chi connectivity index (χ0) is 25.3. The molecule has 0 saturated carbocycles. The largest absolute Gasteiger partial charge is 0.352 e. The standard InChI is InChI=1S/C28H32FN5OS/c1-3-33(4-2)18-6-17-31-27(35)23-12-8-21(9-13-23)19-34-25-7-5-16-30-26(25)32-28(34)36-20-22-10-14-24(29)15-11-22/h5,7-16H,3-4,6,17-20H2,1-2H3,(H,31,35). The number of fused-ring (bicyclic) bond motifs is 1. The van der Waals surface area contributed by atoms with E-state index < -0.39 is 0 Å². The Kier molecular flexibility index (Phi) is 9.08. The zero-order valence-corrected chi connectivity index (χ0v) is 21.6. The lowest BCUT2D eigenvalue weighted by Crippen LogP contribution is -2.29. The third-order valence-electron chi connectivity index (χ3n) is 6.16. The molecule has 36 heavy (non-hydrogen) atoms. The summed E-state index contributed by atoms with van der Waals surface area (Å²) in [5, 5.41) is 3.87. The van der Waals surface area contributed by atoms with E-state index in [0.29, 0.717) is 30.1 Å². The van der Waals surface area contributed by atoms with Crippen LogP contribution >= 0.6 is 11.8 Å². The second-order valence-corrected chi connectivity index (χ2v) is 9.52. The number of aromatic nitrogens is 3. The van der Waals surface area contributed by atoms with Crippen molar-refractivity contribution in [2.45, 2.75) is 37.7 Å². The van der Waals surface area contributed by atoms with Gasteiger partial charge < -0.3 is 14.8 Å². The molecule has 2 aromatic carbocycles. The maximum absolute atomic E-state index is 13.2. The molecule has 0 saturated heterocycles. The smallest absolute Gasteiger partial charge is 0.251 e. The van der Waals surface area contributed by atoms with Crippen molar-refractivity contribution in [3.8, 4) is 0 Å². The average Bonchev–Trinajstić information content (AvgIpc) is 3.26. The molecule has 0 aliphatic rings. The third kappa shape index (κ3) is 6.71. The Bertz CT molecular complexity index is 1270. The van der Waals surface area contributed by atoms with Gasteiger partial charge in [-0.2, -0.15) is 0 Å². The van der Waals surface area contributed by atoms with Gasteiger partial charge in [-0.3, -0.25) is 4.79 Å². The van der Waals surface area contributed by atoms with Gasteiger partial charge >= 0.3 is 0 Å². The summed E-state index contributed by atoms with van der Waals surface area (Å²) in [6.45, 7) is 8.63. The van der Waals surface area contributed by atoms with Gasteiger partial charge in [-0.1, -0.05) is 49.9 Å². The molecule has 6 nitrogen and oxygen atoms in total. The molecule has 0 fully saturated rings. The van der Waals surface area contributed by atoms with Gasteiger partial charge in [-0.05, 0) is 73.6 Å². The molecule has 0 aliphatic carbocycles. The molecule has 8 heteroatoms. The predicted octanol–water partition coefficient (Wildman–Crippen LogP) is 5.37. The van der Waals surface area contributed by atoms with Crippen LogP contribution in [-0.4, -0.2) is 51.5 Å². The van der Waals surface area contributed by atoms with Gasteiger partial charge in [0.1, 0.15) is 5.82 Å².